The van der Waals surface area contributed by atoms with Gasteiger partial charge in [0.05, 0.1) is 6.10 Å². The Morgan fingerprint density at radius 2 is 1.79 bits per heavy atom. The van der Waals surface area contributed by atoms with Crippen molar-refractivity contribution in [2.75, 3.05) is 0 Å². The standard InChI is InChI=1S/C21H24O3/c1-15-6-8-16(9-7-15)14-24-18-12-10-17(11-13-18)21(23)19-4-2-3-5-20(19)22/h6-13,19,21,23H,2-5,14H2,1H3. The summed E-state index contributed by atoms with van der Waals surface area (Å²) in [7, 11) is 0. The van der Waals surface area contributed by atoms with Crippen LogP contribution in [0.3, 0.4) is 0 Å². The van der Waals surface area contributed by atoms with Gasteiger partial charge in [0.15, 0.2) is 0 Å². The number of aryl methyl sites for hydroxylation is 1. The molecular weight excluding hydrogens is 300 g/mol. The third-order valence-electron chi connectivity index (χ3n) is 4.73. The molecule has 0 radical (unpaired) electrons. The maximum absolute atomic E-state index is 12.0. The van der Waals surface area contributed by atoms with E-state index < -0.39 is 6.10 Å². The molecule has 1 aliphatic carbocycles. The van der Waals surface area contributed by atoms with Gasteiger partial charge in [-0.15, -0.1) is 0 Å². The van der Waals surface area contributed by atoms with Crippen LogP contribution in [0.1, 0.15) is 48.5 Å². The zero-order valence-corrected chi connectivity index (χ0v) is 14.1. The van der Waals surface area contributed by atoms with Crippen LogP contribution in [0.5, 0.6) is 5.75 Å². The van der Waals surface area contributed by atoms with Crippen molar-refractivity contribution in [2.24, 2.45) is 5.92 Å². The first-order valence-electron chi connectivity index (χ1n) is 8.62. The van der Waals surface area contributed by atoms with Crippen molar-refractivity contribution in [3.63, 3.8) is 0 Å². The fourth-order valence-corrected chi connectivity index (χ4v) is 3.19. The highest BCUT2D eigenvalue weighted by molar-refractivity contribution is 5.82. The fourth-order valence-electron chi connectivity index (χ4n) is 3.19. The van der Waals surface area contributed by atoms with Gasteiger partial charge in [-0.25, -0.2) is 0 Å². The monoisotopic (exact) mass is 324 g/mol. The molecule has 0 amide bonds. The van der Waals surface area contributed by atoms with Crippen molar-refractivity contribution in [3.8, 4) is 5.75 Å². The number of hydrogen-bond acceptors (Lipinski definition) is 3. The molecule has 0 heterocycles. The van der Waals surface area contributed by atoms with E-state index >= 15 is 0 Å². The van der Waals surface area contributed by atoms with Crippen molar-refractivity contribution >= 4 is 5.78 Å². The molecule has 126 valence electrons. The number of rotatable bonds is 5. The number of carbonyl (C=O) groups is 1. The van der Waals surface area contributed by atoms with Crippen LogP contribution in [0.4, 0.5) is 0 Å². The summed E-state index contributed by atoms with van der Waals surface area (Å²) in [4.78, 5) is 12.0. The molecular formula is C21H24O3. The zero-order valence-electron chi connectivity index (χ0n) is 14.1. The maximum Gasteiger partial charge on any atom is 0.138 e. The lowest BCUT2D eigenvalue weighted by atomic mass is 9.82. The molecule has 2 unspecified atom stereocenters. The first-order chi connectivity index (χ1) is 11.6. The molecule has 0 saturated heterocycles. The molecule has 1 fully saturated rings. The molecule has 3 nitrogen and oxygen atoms in total. The zero-order chi connectivity index (χ0) is 16.9. The molecule has 0 aromatic heterocycles. The molecule has 1 aliphatic rings. The quantitative estimate of drug-likeness (QED) is 0.888. The van der Waals surface area contributed by atoms with Gasteiger partial charge in [0.1, 0.15) is 18.1 Å². The van der Waals surface area contributed by atoms with E-state index in [2.05, 4.69) is 31.2 Å². The summed E-state index contributed by atoms with van der Waals surface area (Å²) in [5.74, 6) is 0.702. The normalized spacial score (nSPS) is 19.1. The van der Waals surface area contributed by atoms with E-state index in [1.165, 1.54) is 5.56 Å². The largest absolute Gasteiger partial charge is 0.489 e. The van der Waals surface area contributed by atoms with Crippen LogP contribution in [0, 0.1) is 12.8 Å². The lowest BCUT2D eigenvalue weighted by Crippen LogP contribution is -2.25. The molecule has 2 aromatic rings. The van der Waals surface area contributed by atoms with Crippen molar-refractivity contribution in [1.82, 2.24) is 0 Å². The van der Waals surface area contributed by atoms with E-state index in [1.54, 1.807) is 0 Å². The van der Waals surface area contributed by atoms with E-state index in [9.17, 15) is 9.90 Å². The first kappa shape index (κ1) is 16.7. The number of aliphatic hydroxyl groups is 1. The molecule has 24 heavy (non-hydrogen) atoms. The summed E-state index contributed by atoms with van der Waals surface area (Å²) in [6.45, 7) is 2.58. The SMILES string of the molecule is Cc1ccc(COc2ccc(C(O)C3CCCCC3=O)cc2)cc1. The number of ether oxygens (including phenoxy) is 1. The second-order valence-electron chi connectivity index (χ2n) is 6.61. The van der Waals surface area contributed by atoms with Gasteiger partial charge in [-0.1, -0.05) is 48.4 Å². The fraction of sp³-hybridized carbons (Fsp3) is 0.381. The Labute approximate surface area is 143 Å². The summed E-state index contributed by atoms with van der Waals surface area (Å²) in [6, 6.07) is 15.7. The smallest absolute Gasteiger partial charge is 0.138 e. The second-order valence-corrected chi connectivity index (χ2v) is 6.61. The number of Topliss-reactive ketones (excluding diaryl/α,β-unsaturated/α-hetero) is 1. The predicted molar refractivity (Wildman–Crippen MR) is 93.9 cm³/mol. The number of ketones is 1. The Morgan fingerprint density at radius 3 is 2.46 bits per heavy atom. The van der Waals surface area contributed by atoms with Crippen molar-refractivity contribution in [2.45, 2.75) is 45.3 Å². The number of benzene rings is 2. The van der Waals surface area contributed by atoms with Gasteiger partial charge in [-0.3, -0.25) is 4.79 Å². The van der Waals surface area contributed by atoms with Crippen molar-refractivity contribution < 1.29 is 14.6 Å². The van der Waals surface area contributed by atoms with Crippen molar-refractivity contribution in [3.05, 3.63) is 65.2 Å². The maximum atomic E-state index is 12.0. The van der Waals surface area contributed by atoms with E-state index in [-0.39, 0.29) is 11.7 Å². The van der Waals surface area contributed by atoms with Gasteiger partial charge < -0.3 is 9.84 Å². The topological polar surface area (TPSA) is 46.5 Å². The molecule has 2 atom stereocenters. The highest BCUT2D eigenvalue weighted by Crippen LogP contribution is 2.32. The van der Waals surface area contributed by atoms with Crippen LogP contribution in [0.15, 0.2) is 48.5 Å². The molecule has 2 aromatic carbocycles. The molecule has 1 N–H and O–H groups in total. The molecule has 0 bridgehead atoms. The van der Waals surface area contributed by atoms with Crippen LogP contribution in [-0.2, 0) is 11.4 Å². The highest BCUT2D eigenvalue weighted by atomic mass is 16.5. The summed E-state index contributed by atoms with van der Waals surface area (Å²) in [5, 5.41) is 10.5. The molecule has 1 saturated carbocycles. The Balaban J connectivity index is 1.60. The summed E-state index contributed by atoms with van der Waals surface area (Å²) in [6.07, 6.45) is 2.65. The Morgan fingerprint density at radius 1 is 1.08 bits per heavy atom. The van der Waals surface area contributed by atoms with Gasteiger partial charge in [0.25, 0.3) is 0 Å². The Bertz CT molecular complexity index is 673. The van der Waals surface area contributed by atoms with Gasteiger partial charge in [0, 0.05) is 12.3 Å². The minimum absolute atomic E-state index is 0.188. The van der Waals surface area contributed by atoms with E-state index in [0.717, 1.165) is 36.1 Å². The second kappa shape index (κ2) is 7.63. The lowest BCUT2D eigenvalue weighted by molar-refractivity contribution is -0.128. The third kappa shape index (κ3) is 4.04. The highest BCUT2D eigenvalue weighted by Gasteiger charge is 2.29. The summed E-state index contributed by atoms with van der Waals surface area (Å²) < 4.78 is 5.78. The summed E-state index contributed by atoms with van der Waals surface area (Å²) in [5.41, 5.74) is 3.14. The summed E-state index contributed by atoms with van der Waals surface area (Å²) >= 11 is 0. The molecule has 0 spiro atoms. The number of hydrogen-bond donors (Lipinski definition) is 1. The van der Waals surface area contributed by atoms with Gasteiger partial charge in [0.2, 0.25) is 0 Å². The van der Waals surface area contributed by atoms with Gasteiger partial charge >= 0.3 is 0 Å². The van der Waals surface area contributed by atoms with Crippen LogP contribution in [0.2, 0.25) is 0 Å². The third-order valence-corrected chi connectivity index (χ3v) is 4.73. The van der Waals surface area contributed by atoms with E-state index in [1.807, 2.05) is 24.3 Å². The first-order valence-corrected chi connectivity index (χ1v) is 8.62. The average Bonchev–Trinajstić information content (AvgIpc) is 2.61. The van der Waals surface area contributed by atoms with Gasteiger partial charge in [-0.05, 0) is 43.0 Å². The molecule has 3 heteroatoms. The van der Waals surface area contributed by atoms with E-state index in [0.29, 0.717) is 13.0 Å². The average molecular weight is 324 g/mol. The lowest BCUT2D eigenvalue weighted by Gasteiger charge is -2.25. The van der Waals surface area contributed by atoms with E-state index in [4.69, 9.17) is 4.74 Å². The number of carbonyl (C=O) groups excluding carboxylic acids is 1. The van der Waals surface area contributed by atoms with Gasteiger partial charge in [-0.2, -0.15) is 0 Å². The minimum Gasteiger partial charge on any atom is -0.489 e. The van der Waals surface area contributed by atoms with Crippen LogP contribution in [-0.4, -0.2) is 10.9 Å². The van der Waals surface area contributed by atoms with Crippen LogP contribution in [0.25, 0.3) is 0 Å². The van der Waals surface area contributed by atoms with Crippen LogP contribution >= 0.6 is 0 Å². The number of aliphatic hydroxyl groups excluding tert-OH is 1. The minimum atomic E-state index is -0.705. The van der Waals surface area contributed by atoms with Crippen LogP contribution < -0.4 is 4.74 Å². The Kier molecular flexibility index (Phi) is 5.31. The molecule has 0 aliphatic heterocycles. The predicted octanol–water partition coefficient (Wildman–Crippen LogP) is 4.37. The van der Waals surface area contributed by atoms with Crippen molar-refractivity contribution in [1.29, 1.82) is 0 Å². The Hall–Kier alpha value is -2.13. The molecule has 3 rings (SSSR count).